The van der Waals surface area contributed by atoms with Crippen LogP contribution in [0.1, 0.15) is 18.1 Å². The van der Waals surface area contributed by atoms with Crippen molar-refractivity contribution in [2.75, 3.05) is 11.9 Å². The van der Waals surface area contributed by atoms with Crippen LogP contribution >= 0.6 is 0 Å². The van der Waals surface area contributed by atoms with E-state index in [0.717, 1.165) is 0 Å². The minimum absolute atomic E-state index is 0.288. The predicted octanol–water partition coefficient (Wildman–Crippen LogP) is -2.41. The Morgan fingerprint density at radius 3 is 2.85 bits per heavy atom. The largest absolute Gasteiger partial charge is 0.394 e. The van der Waals surface area contributed by atoms with Crippen molar-refractivity contribution in [1.82, 2.24) is 14.9 Å². The normalized spacial score (nSPS) is 36.4. The lowest BCUT2D eigenvalue weighted by Gasteiger charge is -2.24. The van der Waals surface area contributed by atoms with Crippen molar-refractivity contribution < 1.29 is 24.9 Å². The van der Waals surface area contributed by atoms with Crippen molar-refractivity contribution in [3.05, 3.63) is 12.0 Å². The molecule has 0 aliphatic carbocycles. The summed E-state index contributed by atoms with van der Waals surface area (Å²) in [6, 6.07) is -0.501. The standard InChI is InChI=1S/C10H15N5O5/c11-7-4-8(14-10(19)13-7)15(2-12-4)9-6(18)5(17)3(1-16)20-9/h2-3,5-7,9,16-18H,1,11H2,(H2,13,14,19)/t3-,5+,6+,7+,9-/m0/s1. The van der Waals surface area contributed by atoms with Crippen molar-refractivity contribution in [3.63, 3.8) is 0 Å². The molecule has 1 aromatic rings. The van der Waals surface area contributed by atoms with Crippen LogP contribution in [-0.4, -0.2) is 55.8 Å². The van der Waals surface area contributed by atoms with Crippen molar-refractivity contribution in [3.8, 4) is 0 Å². The maximum Gasteiger partial charge on any atom is 0.321 e. The average molecular weight is 285 g/mol. The molecule has 0 radical (unpaired) electrons. The summed E-state index contributed by atoms with van der Waals surface area (Å²) in [6.45, 7) is -0.432. The molecule has 10 nitrogen and oxygen atoms in total. The zero-order valence-corrected chi connectivity index (χ0v) is 10.3. The second-order valence-electron chi connectivity index (χ2n) is 4.69. The number of urea groups is 1. The SMILES string of the molecule is N[C@@H]1NC(=O)Nc2c1ncn2[C@H]1O[C@@H](CO)[C@@H](O)[C@H]1O. The number of aliphatic hydroxyl groups is 3. The van der Waals surface area contributed by atoms with E-state index in [0.29, 0.717) is 5.69 Å². The number of anilines is 1. The quantitative estimate of drug-likeness (QED) is 0.353. The fourth-order valence-corrected chi connectivity index (χ4v) is 2.39. The number of imidazole rings is 1. The molecule has 0 bridgehead atoms. The van der Waals surface area contributed by atoms with Gasteiger partial charge in [-0.2, -0.15) is 0 Å². The number of aliphatic hydroxyl groups excluding tert-OH is 3. The minimum atomic E-state index is -1.26. The molecule has 1 saturated heterocycles. The molecule has 0 unspecified atom stereocenters. The number of fused-ring (bicyclic) bond motifs is 1. The van der Waals surface area contributed by atoms with Crippen LogP contribution < -0.4 is 16.4 Å². The first-order chi connectivity index (χ1) is 9.52. The molecule has 0 saturated carbocycles. The second kappa shape index (κ2) is 4.68. The van der Waals surface area contributed by atoms with Crippen molar-refractivity contribution in [2.24, 2.45) is 5.73 Å². The van der Waals surface area contributed by atoms with Gasteiger partial charge in [0.1, 0.15) is 36.0 Å². The monoisotopic (exact) mass is 285 g/mol. The maximum absolute atomic E-state index is 11.4. The number of aromatic nitrogens is 2. The third-order valence-corrected chi connectivity index (χ3v) is 3.43. The van der Waals surface area contributed by atoms with Crippen LogP contribution in [0.25, 0.3) is 0 Å². The molecule has 0 aromatic carbocycles. The van der Waals surface area contributed by atoms with Crippen LogP contribution in [0.2, 0.25) is 0 Å². The molecule has 110 valence electrons. The Morgan fingerprint density at radius 1 is 1.45 bits per heavy atom. The number of carbonyl (C=O) groups is 1. The van der Waals surface area contributed by atoms with E-state index in [9.17, 15) is 15.0 Å². The van der Waals surface area contributed by atoms with Gasteiger partial charge in [-0.3, -0.25) is 9.88 Å². The van der Waals surface area contributed by atoms with E-state index in [2.05, 4.69) is 15.6 Å². The molecule has 2 amide bonds. The van der Waals surface area contributed by atoms with Crippen molar-refractivity contribution in [1.29, 1.82) is 0 Å². The minimum Gasteiger partial charge on any atom is -0.394 e. The lowest BCUT2D eigenvalue weighted by molar-refractivity contribution is -0.0518. The van der Waals surface area contributed by atoms with Gasteiger partial charge < -0.3 is 31.1 Å². The number of nitrogens with zero attached hydrogens (tertiary/aromatic N) is 2. The molecule has 1 fully saturated rings. The number of ether oxygens (including phenoxy) is 1. The van der Waals surface area contributed by atoms with E-state index >= 15 is 0 Å². The van der Waals surface area contributed by atoms with Gasteiger partial charge in [-0.15, -0.1) is 0 Å². The number of rotatable bonds is 2. The molecule has 5 atom stereocenters. The molecule has 7 N–H and O–H groups in total. The third-order valence-electron chi connectivity index (χ3n) is 3.43. The van der Waals surface area contributed by atoms with Crippen LogP contribution in [0, 0.1) is 0 Å². The van der Waals surface area contributed by atoms with Gasteiger partial charge in [0.25, 0.3) is 0 Å². The smallest absolute Gasteiger partial charge is 0.321 e. The highest BCUT2D eigenvalue weighted by atomic mass is 16.6. The fourth-order valence-electron chi connectivity index (χ4n) is 2.39. The van der Waals surface area contributed by atoms with Crippen LogP contribution in [0.3, 0.4) is 0 Å². The number of carbonyl (C=O) groups excluding carboxylic acids is 1. The van der Waals surface area contributed by atoms with Crippen molar-refractivity contribution in [2.45, 2.75) is 30.7 Å². The fraction of sp³-hybridized carbons (Fsp3) is 0.600. The summed E-state index contributed by atoms with van der Waals surface area (Å²) < 4.78 is 6.75. The van der Waals surface area contributed by atoms with E-state index in [-0.39, 0.29) is 5.82 Å². The van der Waals surface area contributed by atoms with Crippen LogP contribution in [0.4, 0.5) is 10.6 Å². The number of amides is 2. The first-order valence-corrected chi connectivity index (χ1v) is 6.05. The Morgan fingerprint density at radius 2 is 2.20 bits per heavy atom. The Balaban J connectivity index is 1.94. The van der Waals surface area contributed by atoms with Gasteiger partial charge in [0, 0.05) is 0 Å². The molecule has 2 aliphatic rings. The molecule has 0 spiro atoms. The van der Waals surface area contributed by atoms with Crippen molar-refractivity contribution >= 4 is 11.8 Å². The Bertz CT molecular complexity index is 534. The topological polar surface area (TPSA) is 155 Å². The summed E-state index contributed by atoms with van der Waals surface area (Å²) >= 11 is 0. The molecule has 20 heavy (non-hydrogen) atoms. The maximum atomic E-state index is 11.4. The average Bonchev–Trinajstić information content (AvgIpc) is 2.93. The van der Waals surface area contributed by atoms with Crippen LogP contribution in [-0.2, 0) is 4.74 Å². The van der Waals surface area contributed by atoms with E-state index < -0.39 is 43.3 Å². The zero-order chi connectivity index (χ0) is 14.4. The van der Waals surface area contributed by atoms with Crippen LogP contribution in [0.5, 0.6) is 0 Å². The van der Waals surface area contributed by atoms with Gasteiger partial charge in [0.2, 0.25) is 0 Å². The van der Waals surface area contributed by atoms with E-state index in [1.165, 1.54) is 10.9 Å². The summed E-state index contributed by atoms with van der Waals surface area (Å²) in [5.41, 5.74) is 6.11. The van der Waals surface area contributed by atoms with E-state index in [1.807, 2.05) is 0 Å². The second-order valence-corrected chi connectivity index (χ2v) is 4.69. The van der Waals surface area contributed by atoms with E-state index in [4.69, 9.17) is 15.6 Å². The highest BCUT2D eigenvalue weighted by Gasteiger charge is 2.44. The molecule has 1 aromatic heterocycles. The first-order valence-electron chi connectivity index (χ1n) is 6.05. The molecular formula is C10H15N5O5. The molecule has 10 heteroatoms. The summed E-state index contributed by atoms with van der Waals surface area (Å²) in [7, 11) is 0. The molecular weight excluding hydrogens is 270 g/mol. The number of nitrogens with two attached hydrogens (primary N) is 1. The number of hydrogen-bond donors (Lipinski definition) is 6. The molecule has 3 rings (SSSR count). The zero-order valence-electron chi connectivity index (χ0n) is 10.3. The highest BCUT2D eigenvalue weighted by molar-refractivity contribution is 5.91. The summed E-state index contributed by atoms with van der Waals surface area (Å²) in [4.78, 5) is 15.5. The van der Waals surface area contributed by atoms with Gasteiger partial charge >= 0.3 is 6.03 Å². The predicted molar refractivity (Wildman–Crippen MR) is 64.3 cm³/mol. The summed E-state index contributed by atoms with van der Waals surface area (Å²) in [5, 5.41) is 33.7. The van der Waals surface area contributed by atoms with Crippen LogP contribution in [0.15, 0.2) is 6.33 Å². The molecule has 3 heterocycles. The Labute approximate surface area is 113 Å². The first kappa shape index (κ1) is 13.3. The third kappa shape index (κ3) is 1.85. The summed E-state index contributed by atoms with van der Waals surface area (Å²) in [5.74, 6) is 0.288. The number of hydrogen-bond acceptors (Lipinski definition) is 7. The van der Waals surface area contributed by atoms with Gasteiger partial charge in [-0.05, 0) is 0 Å². The van der Waals surface area contributed by atoms with E-state index in [1.54, 1.807) is 0 Å². The summed E-state index contributed by atoms with van der Waals surface area (Å²) in [6.07, 6.45) is -3.78. The highest BCUT2D eigenvalue weighted by Crippen LogP contribution is 2.34. The lowest BCUT2D eigenvalue weighted by Crippen LogP contribution is -2.42. The van der Waals surface area contributed by atoms with Gasteiger partial charge in [-0.25, -0.2) is 9.78 Å². The van der Waals surface area contributed by atoms with Gasteiger partial charge in [0.05, 0.1) is 12.9 Å². The van der Waals surface area contributed by atoms with Gasteiger partial charge in [-0.1, -0.05) is 0 Å². The van der Waals surface area contributed by atoms with Gasteiger partial charge in [0.15, 0.2) is 6.23 Å². The Kier molecular flexibility index (Phi) is 3.11. The lowest BCUT2D eigenvalue weighted by atomic mass is 10.1. The molecule has 2 aliphatic heterocycles. The Hall–Kier alpha value is -1.72. The number of nitrogens with one attached hydrogen (secondary N) is 2.